The van der Waals surface area contributed by atoms with E-state index >= 15 is 0 Å². The van der Waals surface area contributed by atoms with Crippen LogP contribution in [0.2, 0.25) is 0 Å². The average molecular weight is 166 g/mol. The summed E-state index contributed by atoms with van der Waals surface area (Å²) in [5.74, 6) is 0.310. The van der Waals surface area contributed by atoms with Crippen molar-refractivity contribution in [2.24, 2.45) is 5.73 Å². The number of hydrogen-bond donors (Lipinski definition) is 1. The van der Waals surface area contributed by atoms with Crippen LogP contribution in [0.5, 0.6) is 5.88 Å². The number of pyridine rings is 1. The topological polar surface area (TPSA) is 65.2 Å². The lowest BCUT2D eigenvalue weighted by atomic mass is 10.2. The first-order valence-corrected chi connectivity index (χ1v) is 3.51. The molecular formula is C8H10N2O2. The summed E-state index contributed by atoms with van der Waals surface area (Å²) in [5.41, 5.74) is 5.72. The van der Waals surface area contributed by atoms with Crippen LogP contribution in [-0.2, 0) is 0 Å². The Morgan fingerprint density at radius 2 is 2.50 bits per heavy atom. The zero-order chi connectivity index (χ0) is 8.97. The number of ketones is 1. The van der Waals surface area contributed by atoms with Crippen LogP contribution in [0.4, 0.5) is 0 Å². The van der Waals surface area contributed by atoms with Gasteiger partial charge in [-0.2, -0.15) is 0 Å². The highest BCUT2D eigenvalue weighted by atomic mass is 16.5. The number of ether oxygens (including phenoxy) is 1. The molecule has 0 radical (unpaired) electrons. The summed E-state index contributed by atoms with van der Waals surface area (Å²) in [6.45, 7) is 0.00711. The molecule has 0 saturated heterocycles. The monoisotopic (exact) mass is 166 g/mol. The van der Waals surface area contributed by atoms with Crippen molar-refractivity contribution in [3.05, 3.63) is 23.9 Å². The van der Waals surface area contributed by atoms with E-state index in [-0.39, 0.29) is 12.3 Å². The first-order valence-electron chi connectivity index (χ1n) is 3.51. The summed E-state index contributed by atoms with van der Waals surface area (Å²) in [5, 5.41) is 0. The lowest BCUT2D eigenvalue weighted by molar-refractivity contribution is 0.100. The molecule has 12 heavy (non-hydrogen) atoms. The molecule has 0 atom stereocenters. The smallest absolute Gasteiger partial charge is 0.213 e. The highest BCUT2D eigenvalue weighted by molar-refractivity contribution is 5.97. The predicted octanol–water partition coefficient (Wildman–Crippen LogP) is 0.232. The highest BCUT2D eigenvalue weighted by Gasteiger charge is 2.03. The molecule has 64 valence electrons. The summed E-state index contributed by atoms with van der Waals surface area (Å²) in [6, 6.07) is 3.17. The fraction of sp³-hybridized carbons (Fsp3) is 0.250. The van der Waals surface area contributed by atoms with Crippen molar-refractivity contribution in [1.29, 1.82) is 0 Å². The van der Waals surface area contributed by atoms with Gasteiger partial charge in [0.25, 0.3) is 0 Å². The van der Waals surface area contributed by atoms with E-state index < -0.39 is 0 Å². The van der Waals surface area contributed by atoms with Crippen LogP contribution in [0.25, 0.3) is 0 Å². The minimum atomic E-state index is -0.115. The number of methoxy groups -OCH3 is 1. The van der Waals surface area contributed by atoms with Gasteiger partial charge >= 0.3 is 0 Å². The van der Waals surface area contributed by atoms with Crippen LogP contribution in [0.15, 0.2) is 18.3 Å². The van der Waals surface area contributed by atoms with Gasteiger partial charge in [0.2, 0.25) is 5.88 Å². The van der Waals surface area contributed by atoms with E-state index in [4.69, 9.17) is 10.5 Å². The van der Waals surface area contributed by atoms with Crippen molar-refractivity contribution in [2.45, 2.75) is 0 Å². The largest absolute Gasteiger partial charge is 0.481 e. The van der Waals surface area contributed by atoms with Gasteiger partial charge in [-0.3, -0.25) is 4.79 Å². The molecule has 0 spiro atoms. The predicted molar refractivity (Wildman–Crippen MR) is 44.2 cm³/mol. The zero-order valence-electron chi connectivity index (χ0n) is 6.78. The van der Waals surface area contributed by atoms with Crippen molar-refractivity contribution in [2.75, 3.05) is 13.7 Å². The highest BCUT2D eigenvalue weighted by Crippen LogP contribution is 2.08. The lowest BCUT2D eigenvalue weighted by Crippen LogP contribution is -2.13. The minimum absolute atomic E-state index is 0.00711. The SMILES string of the molecule is COc1cc(C(=O)CN)ccn1. The Labute approximate surface area is 70.4 Å². The Morgan fingerprint density at radius 1 is 1.75 bits per heavy atom. The summed E-state index contributed by atoms with van der Waals surface area (Å²) in [6.07, 6.45) is 1.52. The molecule has 0 aromatic carbocycles. The Hall–Kier alpha value is -1.42. The number of carbonyl (C=O) groups excluding carboxylic acids is 1. The molecule has 4 nitrogen and oxygen atoms in total. The van der Waals surface area contributed by atoms with Gasteiger partial charge in [-0.1, -0.05) is 0 Å². The van der Waals surface area contributed by atoms with Crippen molar-refractivity contribution in [3.8, 4) is 5.88 Å². The molecular weight excluding hydrogens is 156 g/mol. The average Bonchev–Trinajstić information content (AvgIpc) is 2.17. The normalized spacial score (nSPS) is 9.50. The molecule has 0 fully saturated rings. The van der Waals surface area contributed by atoms with Gasteiger partial charge in [-0.05, 0) is 6.07 Å². The standard InChI is InChI=1S/C8H10N2O2/c1-12-8-4-6(2-3-10-8)7(11)5-9/h2-4H,5,9H2,1H3. The maximum Gasteiger partial charge on any atom is 0.213 e. The Bertz CT molecular complexity index is 286. The molecule has 1 aromatic heterocycles. The number of nitrogens with two attached hydrogens (primary N) is 1. The number of rotatable bonds is 3. The van der Waals surface area contributed by atoms with Crippen LogP contribution in [0.3, 0.4) is 0 Å². The van der Waals surface area contributed by atoms with Gasteiger partial charge in [-0.15, -0.1) is 0 Å². The molecule has 0 aliphatic rings. The van der Waals surface area contributed by atoms with Crippen LogP contribution in [0, 0.1) is 0 Å². The maximum absolute atomic E-state index is 11.1. The maximum atomic E-state index is 11.1. The molecule has 1 aromatic rings. The van der Waals surface area contributed by atoms with Crippen molar-refractivity contribution in [1.82, 2.24) is 4.98 Å². The summed E-state index contributed by atoms with van der Waals surface area (Å²) in [4.78, 5) is 14.9. The molecule has 0 unspecified atom stereocenters. The Kier molecular flexibility index (Phi) is 2.76. The van der Waals surface area contributed by atoms with Crippen LogP contribution in [0.1, 0.15) is 10.4 Å². The number of aromatic nitrogens is 1. The second-order valence-electron chi connectivity index (χ2n) is 2.21. The summed E-state index contributed by atoms with van der Waals surface area (Å²) < 4.78 is 4.85. The fourth-order valence-corrected chi connectivity index (χ4v) is 0.812. The van der Waals surface area contributed by atoms with Crippen molar-refractivity contribution < 1.29 is 9.53 Å². The summed E-state index contributed by atoms with van der Waals surface area (Å²) >= 11 is 0. The third-order valence-electron chi connectivity index (χ3n) is 1.45. The molecule has 0 saturated carbocycles. The number of nitrogens with zero attached hydrogens (tertiary/aromatic N) is 1. The molecule has 4 heteroatoms. The Morgan fingerprint density at radius 3 is 3.08 bits per heavy atom. The Balaban J connectivity index is 2.93. The van der Waals surface area contributed by atoms with E-state index in [2.05, 4.69) is 4.98 Å². The van der Waals surface area contributed by atoms with Crippen LogP contribution >= 0.6 is 0 Å². The van der Waals surface area contributed by atoms with E-state index in [1.54, 1.807) is 12.1 Å². The second kappa shape index (κ2) is 3.82. The molecule has 1 rings (SSSR count). The molecule has 0 aliphatic heterocycles. The molecule has 0 bridgehead atoms. The van der Waals surface area contributed by atoms with E-state index in [1.165, 1.54) is 13.3 Å². The summed E-state index contributed by atoms with van der Waals surface area (Å²) in [7, 11) is 1.50. The fourth-order valence-electron chi connectivity index (χ4n) is 0.812. The number of Topliss-reactive ketones (excluding diaryl/α,β-unsaturated/α-hetero) is 1. The third kappa shape index (κ3) is 1.79. The first kappa shape index (κ1) is 8.67. The first-order chi connectivity index (χ1) is 5.77. The lowest BCUT2D eigenvalue weighted by Gasteiger charge is -2.00. The van der Waals surface area contributed by atoms with Gasteiger partial charge in [0, 0.05) is 17.8 Å². The zero-order valence-corrected chi connectivity index (χ0v) is 6.78. The molecule has 0 aliphatic carbocycles. The van der Waals surface area contributed by atoms with E-state index in [0.717, 1.165) is 0 Å². The second-order valence-corrected chi connectivity index (χ2v) is 2.21. The van der Waals surface area contributed by atoms with Gasteiger partial charge in [0.1, 0.15) is 0 Å². The molecule has 0 amide bonds. The van der Waals surface area contributed by atoms with Gasteiger partial charge in [-0.25, -0.2) is 4.98 Å². The number of hydrogen-bond acceptors (Lipinski definition) is 4. The van der Waals surface area contributed by atoms with Crippen molar-refractivity contribution in [3.63, 3.8) is 0 Å². The molecule has 2 N–H and O–H groups in total. The van der Waals surface area contributed by atoms with Gasteiger partial charge in [0.05, 0.1) is 13.7 Å². The third-order valence-corrected chi connectivity index (χ3v) is 1.45. The van der Waals surface area contributed by atoms with Gasteiger partial charge < -0.3 is 10.5 Å². The van der Waals surface area contributed by atoms with E-state index in [1.807, 2.05) is 0 Å². The van der Waals surface area contributed by atoms with Crippen LogP contribution < -0.4 is 10.5 Å². The van der Waals surface area contributed by atoms with Crippen LogP contribution in [-0.4, -0.2) is 24.4 Å². The van der Waals surface area contributed by atoms with E-state index in [0.29, 0.717) is 11.4 Å². The van der Waals surface area contributed by atoms with Crippen molar-refractivity contribution >= 4 is 5.78 Å². The van der Waals surface area contributed by atoms with E-state index in [9.17, 15) is 4.79 Å². The van der Waals surface area contributed by atoms with Gasteiger partial charge in [0.15, 0.2) is 5.78 Å². The quantitative estimate of drug-likeness (QED) is 0.653. The number of carbonyl (C=O) groups is 1. The minimum Gasteiger partial charge on any atom is -0.481 e. The molecule has 1 heterocycles.